The molecule has 2 aliphatic rings. The van der Waals surface area contributed by atoms with Crippen molar-refractivity contribution in [1.82, 2.24) is 19.8 Å². The minimum atomic E-state index is -0.571. The number of fused-ring (bicyclic) bond motifs is 1. The summed E-state index contributed by atoms with van der Waals surface area (Å²) in [6, 6.07) is 32.5. The fourth-order valence-corrected chi connectivity index (χ4v) is 11.0. The first kappa shape index (κ1) is 72.2. The molecule has 0 unspecified atom stereocenters. The third-order valence-electron chi connectivity index (χ3n) is 16.3. The van der Waals surface area contributed by atoms with Crippen LogP contribution in [0.5, 0.6) is 0 Å². The minimum Gasteiger partial charge on any atom is -0.375 e. The largest absolute Gasteiger partial charge is 0.375 e. The number of nitro benzene ring substituents is 1. The summed E-state index contributed by atoms with van der Waals surface area (Å²) >= 11 is 0. The van der Waals surface area contributed by atoms with Gasteiger partial charge in [-0.25, -0.2) is 4.98 Å². The summed E-state index contributed by atoms with van der Waals surface area (Å²) in [5.41, 5.74) is 8.56. The molecular weight excluding hydrogens is 1090 g/mol. The summed E-state index contributed by atoms with van der Waals surface area (Å²) in [5, 5.41) is 32.0. The highest BCUT2D eigenvalue weighted by Gasteiger charge is 2.38. The van der Waals surface area contributed by atoms with Crippen molar-refractivity contribution in [2.75, 3.05) is 79.3 Å². The SMILES string of the molecule is C=C(C)CN1CCN(/C(=C(\[N+](=O)[O-])C(C)(C)C)c2ccccc2C(C)(C)C)CC1.CC(C)(C)CCN(CCC(C)(C)C)c1ccc([N+](=O)[O-])c(NCc2ccccc2)c1.CC(C)(C)CCN(CCC(C)(C)C)c1nc(NC2CCCC2)c2ccccc2n1. The van der Waals surface area contributed by atoms with E-state index in [1.54, 1.807) is 6.07 Å². The van der Waals surface area contributed by atoms with Crippen LogP contribution in [0, 0.1) is 47.3 Å². The molecule has 7 rings (SSSR count). The summed E-state index contributed by atoms with van der Waals surface area (Å²) in [5.74, 6) is 1.88. The van der Waals surface area contributed by atoms with Crippen molar-refractivity contribution < 1.29 is 9.85 Å². The number of para-hydroxylation sites is 1. The van der Waals surface area contributed by atoms with Gasteiger partial charge in [0.1, 0.15) is 17.2 Å². The van der Waals surface area contributed by atoms with E-state index in [0.29, 0.717) is 34.8 Å². The normalized spacial score (nSPS) is 14.9. The molecule has 1 saturated carbocycles. The molecule has 1 aliphatic heterocycles. The Morgan fingerprint density at radius 2 is 1.15 bits per heavy atom. The number of hydrogen-bond donors (Lipinski definition) is 2. The van der Waals surface area contributed by atoms with Crippen LogP contribution in [-0.2, 0) is 12.0 Å². The molecule has 0 radical (unpaired) electrons. The fourth-order valence-electron chi connectivity index (χ4n) is 11.0. The van der Waals surface area contributed by atoms with E-state index < -0.39 is 5.41 Å². The zero-order valence-corrected chi connectivity index (χ0v) is 58.0. The molecular formula is C74H114N10O4. The number of benzene rings is 4. The highest BCUT2D eigenvalue weighted by atomic mass is 16.6. The van der Waals surface area contributed by atoms with E-state index in [1.165, 1.54) is 25.7 Å². The van der Waals surface area contributed by atoms with Crippen LogP contribution in [0.3, 0.4) is 0 Å². The lowest BCUT2D eigenvalue weighted by Crippen LogP contribution is -2.46. The van der Waals surface area contributed by atoms with E-state index in [0.717, 1.165) is 141 Å². The molecule has 484 valence electrons. The predicted molar refractivity (Wildman–Crippen MR) is 374 cm³/mol. The van der Waals surface area contributed by atoms with Crippen LogP contribution in [0.1, 0.15) is 200 Å². The zero-order chi connectivity index (χ0) is 65.4. The smallest absolute Gasteiger partial charge is 0.292 e. The Labute approximate surface area is 531 Å². The Morgan fingerprint density at radius 3 is 1.65 bits per heavy atom. The van der Waals surface area contributed by atoms with Gasteiger partial charge in [0.2, 0.25) is 5.95 Å². The van der Waals surface area contributed by atoms with Gasteiger partial charge in [0.25, 0.3) is 11.4 Å². The molecule has 5 aromatic rings. The lowest BCUT2D eigenvalue weighted by atomic mass is 9.80. The Kier molecular flexibility index (Phi) is 25.7. The van der Waals surface area contributed by atoms with Crippen LogP contribution in [0.15, 0.2) is 115 Å². The molecule has 2 N–H and O–H groups in total. The number of anilines is 4. The summed E-state index contributed by atoms with van der Waals surface area (Å²) in [6.45, 7) is 54.3. The molecule has 1 saturated heterocycles. The number of allylic oxidation sites excluding steroid dienone is 1. The second-order valence-electron chi connectivity index (χ2n) is 31.7. The van der Waals surface area contributed by atoms with Gasteiger partial charge < -0.3 is 25.3 Å². The standard InChI is InChI=1S/C25H40N4.C25H37N3O2.C24H37N3O2/c1-24(2,3)15-17-29(18-16-25(4,5)6)23-27-21-14-10-9-13-20(21)22(28-23)26-19-11-7-8-12-19;1-24(2,3)14-16-27(17-15-25(4,5)6)21-12-13-23(28(29)30)22(18-21)26-19-20-10-8-7-9-11-20;1-18(2)17-25-13-15-26(16-14-25)21(22(27(28)29)24(6,7)8)19-11-9-10-12-20(19)23(3,4)5/h9-10,13-14,19H,7-8,11-12,15-18H2,1-6H3,(H,26,27,28);7-13,18,26H,14-17,19H2,1-6H3;9-12H,1,13-17H2,2-8H3/b;;22-21-. The Morgan fingerprint density at radius 1 is 0.636 bits per heavy atom. The third kappa shape index (κ3) is 24.1. The van der Waals surface area contributed by atoms with Gasteiger partial charge in [-0.15, -0.1) is 0 Å². The zero-order valence-electron chi connectivity index (χ0n) is 58.0. The molecule has 0 amide bonds. The van der Waals surface area contributed by atoms with Crippen molar-refractivity contribution in [3.05, 3.63) is 152 Å². The quantitative estimate of drug-likeness (QED) is 0.0409. The van der Waals surface area contributed by atoms with E-state index in [1.807, 2.05) is 88.4 Å². The Balaban J connectivity index is 0.000000240. The van der Waals surface area contributed by atoms with E-state index in [9.17, 15) is 20.2 Å². The highest BCUT2D eigenvalue weighted by Crippen LogP contribution is 2.40. The molecule has 0 bridgehead atoms. The maximum atomic E-state index is 12.3. The number of nitrogens with zero attached hydrogens (tertiary/aromatic N) is 8. The van der Waals surface area contributed by atoms with Crippen molar-refractivity contribution in [2.45, 2.75) is 201 Å². The van der Waals surface area contributed by atoms with Crippen molar-refractivity contribution in [1.29, 1.82) is 0 Å². The topological polar surface area (TPSA) is 149 Å². The van der Waals surface area contributed by atoms with Gasteiger partial charge in [0.05, 0.1) is 20.8 Å². The Bertz CT molecular complexity index is 3030. The van der Waals surface area contributed by atoms with Crippen molar-refractivity contribution >= 4 is 45.4 Å². The molecule has 2 heterocycles. The van der Waals surface area contributed by atoms with Crippen LogP contribution in [-0.4, -0.2) is 94.6 Å². The van der Waals surface area contributed by atoms with Gasteiger partial charge >= 0.3 is 0 Å². The van der Waals surface area contributed by atoms with Crippen molar-refractivity contribution in [3.8, 4) is 0 Å². The maximum Gasteiger partial charge on any atom is 0.292 e. The molecule has 1 aromatic heterocycles. The van der Waals surface area contributed by atoms with Crippen LogP contribution in [0.25, 0.3) is 16.6 Å². The average molecular weight is 1210 g/mol. The average Bonchev–Trinajstić information content (AvgIpc) is 1.18. The van der Waals surface area contributed by atoms with Gasteiger partial charge in [0.15, 0.2) is 0 Å². The predicted octanol–water partition coefficient (Wildman–Crippen LogP) is 18.7. The van der Waals surface area contributed by atoms with Gasteiger partial charge in [-0.1, -0.05) is 196 Å². The molecule has 1 aliphatic carbocycles. The highest BCUT2D eigenvalue weighted by molar-refractivity contribution is 5.90. The second-order valence-corrected chi connectivity index (χ2v) is 31.7. The number of hydrogen-bond acceptors (Lipinski definition) is 12. The number of nitrogens with one attached hydrogen (secondary N) is 2. The molecule has 14 heteroatoms. The van der Waals surface area contributed by atoms with E-state index in [4.69, 9.17) is 9.97 Å². The van der Waals surface area contributed by atoms with Crippen molar-refractivity contribution in [3.63, 3.8) is 0 Å². The lowest BCUT2D eigenvalue weighted by Gasteiger charge is -2.39. The van der Waals surface area contributed by atoms with Crippen molar-refractivity contribution in [2.24, 2.45) is 27.1 Å². The monoisotopic (exact) mass is 1210 g/mol. The number of nitro groups is 2. The first-order valence-corrected chi connectivity index (χ1v) is 32.6. The van der Waals surface area contributed by atoms with Gasteiger partial charge in [-0.3, -0.25) is 25.1 Å². The maximum absolute atomic E-state index is 12.3. The first-order chi connectivity index (χ1) is 40.9. The molecule has 0 spiro atoms. The van der Waals surface area contributed by atoms with Crippen LogP contribution < -0.4 is 20.4 Å². The first-order valence-electron chi connectivity index (χ1n) is 32.6. The fraction of sp³-hybridized carbons (Fsp3) is 0.595. The summed E-state index contributed by atoms with van der Waals surface area (Å²) in [4.78, 5) is 42.8. The van der Waals surface area contributed by atoms with Crippen LogP contribution in [0.2, 0.25) is 0 Å². The molecule has 4 aromatic carbocycles. The molecule has 0 atom stereocenters. The molecule has 88 heavy (non-hydrogen) atoms. The van der Waals surface area contributed by atoms with Crippen LogP contribution in [0.4, 0.5) is 28.8 Å². The summed E-state index contributed by atoms with van der Waals surface area (Å²) in [6.07, 6.45) is 9.48. The van der Waals surface area contributed by atoms with E-state index >= 15 is 0 Å². The second kappa shape index (κ2) is 31.3. The summed E-state index contributed by atoms with van der Waals surface area (Å²) < 4.78 is 0. The number of rotatable bonds is 21. The number of aromatic nitrogens is 2. The third-order valence-corrected chi connectivity index (χ3v) is 16.3. The minimum absolute atomic E-state index is 0.108. The number of piperazine rings is 1. The van der Waals surface area contributed by atoms with Gasteiger partial charge in [-0.2, -0.15) is 4.98 Å². The van der Waals surface area contributed by atoms with Gasteiger partial charge in [0, 0.05) is 94.2 Å². The lowest BCUT2D eigenvalue weighted by molar-refractivity contribution is -0.438. The van der Waals surface area contributed by atoms with Gasteiger partial charge in [-0.05, 0) is 129 Å². The van der Waals surface area contributed by atoms with E-state index in [2.05, 4.69) is 171 Å². The van der Waals surface area contributed by atoms with Crippen LogP contribution >= 0.6 is 0 Å². The molecule has 2 fully saturated rings. The molecule has 14 nitrogen and oxygen atoms in total. The van der Waals surface area contributed by atoms with E-state index in [-0.39, 0.29) is 31.8 Å². The summed E-state index contributed by atoms with van der Waals surface area (Å²) in [7, 11) is 0. The Hall–Kier alpha value is -6.54.